The highest BCUT2D eigenvalue weighted by Gasteiger charge is 2.20. The highest BCUT2D eigenvalue weighted by Crippen LogP contribution is 2.30. The maximum Gasteiger partial charge on any atom is 0.0468 e. The number of nitrogens with one attached hydrogen (secondary N) is 1. The van der Waals surface area contributed by atoms with Crippen LogP contribution in [-0.2, 0) is 4.74 Å². The number of hydrogen-bond acceptors (Lipinski definition) is 2. The van der Waals surface area contributed by atoms with Gasteiger partial charge in [-0.05, 0) is 62.4 Å². The Hall–Kier alpha value is -0.570. The van der Waals surface area contributed by atoms with Gasteiger partial charge in [-0.2, -0.15) is 0 Å². The fraction of sp³-hybridized carbons (Fsp3) is 0.600. The Bertz CT molecular complexity index is 388. The minimum Gasteiger partial charge on any atom is -0.381 e. The van der Waals surface area contributed by atoms with E-state index in [1.807, 2.05) is 13.1 Å². The zero-order valence-electron chi connectivity index (χ0n) is 11.2. The maximum absolute atomic E-state index is 6.11. The molecule has 1 saturated heterocycles. The van der Waals surface area contributed by atoms with Crippen molar-refractivity contribution in [2.75, 3.05) is 20.3 Å². The summed E-state index contributed by atoms with van der Waals surface area (Å²) in [4.78, 5) is 0. The van der Waals surface area contributed by atoms with Crippen molar-refractivity contribution in [1.29, 1.82) is 0 Å². The van der Waals surface area contributed by atoms with E-state index in [0.29, 0.717) is 6.04 Å². The third kappa shape index (κ3) is 3.47. The van der Waals surface area contributed by atoms with E-state index in [9.17, 15) is 0 Å². The fourth-order valence-electron chi connectivity index (χ4n) is 2.70. The first-order chi connectivity index (χ1) is 8.70. The van der Waals surface area contributed by atoms with Crippen LogP contribution in [0.4, 0.5) is 0 Å². The van der Waals surface area contributed by atoms with Gasteiger partial charge in [0, 0.05) is 24.3 Å². The Morgan fingerprint density at radius 1 is 1.39 bits per heavy atom. The van der Waals surface area contributed by atoms with Crippen LogP contribution in [0, 0.1) is 12.8 Å². The average molecular weight is 268 g/mol. The van der Waals surface area contributed by atoms with Gasteiger partial charge in [0.25, 0.3) is 0 Å². The zero-order chi connectivity index (χ0) is 13.0. The molecule has 1 fully saturated rings. The fourth-order valence-corrected chi connectivity index (χ4v) is 2.88. The lowest BCUT2D eigenvalue weighted by Crippen LogP contribution is -2.24. The highest BCUT2D eigenvalue weighted by atomic mass is 35.5. The van der Waals surface area contributed by atoms with E-state index in [-0.39, 0.29) is 0 Å². The Morgan fingerprint density at radius 2 is 2.11 bits per heavy atom. The number of ether oxygens (including phenoxy) is 1. The van der Waals surface area contributed by atoms with Crippen LogP contribution in [-0.4, -0.2) is 20.3 Å². The summed E-state index contributed by atoms with van der Waals surface area (Å²) in [6.45, 7) is 3.98. The summed E-state index contributed by atoms with van der Waals surface area (Å²) in [5.41, 5.74) is 2.64. The smallest absolute Gasteiger partial charge is 0.0468 e. The largest absolute Gasteiger partial charge is 0.381 e. The van der Waals surface area contributed by atoms with Crippen LogP contribution in [0.2, 0.25) is 5.02 Å². The Balaban J connectivity index is 2.09. The quantitative estimate of drug-likeness (QED) is 0.898. The van der Waals surface area contributed by atoms with Gasteiger partial charge in [-0.1, -0.05) is 17.7 Å². The van der Waals surface area contributed by atoms with E-state index in [0.717, 1.165) is 24.2 Å². The van der Waals surface area contributed by atoms with E-state index < -0.39 is 0 Å². The molecule has 0 radical (unpaired) electrons. The van der Waals surface area contributed by atoms with E-state index in [2.05, 4.69) is 24.4 Å². The summed E-state index contributed by atoms with van der Waals surface area (Å²) < 4.78 is 5.42. The van der Waals surface area contributed by atoms with Gasteiger partial charge in [0.05, 0.1) is 0 Å². The topological polar surface area (TPSA) is 21.3 Å². The van der Waals surface area contributed by atoms with Gasteiger partial charge in [-0.3, -0.25) is 0 Å². The minimum absolute atomic E-state index is 0.395. The number of hydrogen-bond donors (Lipinski definition) is 1. The number of benzene rings is 1. The molecule has 1 aliphatic rings. The van der Waals surface area contributed by atoms with Crippen LogP contribution in [0.1, 0.15) is 36.4 Å². The first-order valence-electron chi connectivity index (χ1n) is 6.71. The van der Waals surface area contributed by atoms with E-state index in [1.165, 1.54) is 30.4 Å². The molecule has 0 amide bonds. The number of halogens is 1. The third-order valence-electron chi connectivity index (χ3n) is 3.88. The van der Waals surface area contributed by atoms with Gasteiger partial charge in [-0.15, -0.1) is 0 Å². The first kappa shape index (κ1) is 13.9. The number of rotatable bonds is 4. The van der Waals surface area contributed by atoms with Gasteiger partial charge in [0.1, 0.15) is 0 Å². The molecule has 3 heteroatoms. The van der Waals surface area contributed by atoms with Gasteiger partial charge < -0.3 is 10.1 Å². The summed E-state index contributed by atoms with van der Waals surface area (Å²) >= 11 is 6.11. The normalized spacial score (nSPS) is 18.8. The highest BCUT2D eigenvalue weighted by molar-refractivity contribution is 6.30. The molecule has 18 heavy (non-hydrogen) atoms. The summed E-state index contributed by atoms with van der Waals surface area (Å²) in [5.74, 6) is 0.759. The van der Waals surface area contributed by atoms with Gasteiger partial charge in [-0.25, -0.2) is 0 Å². The SMILES string of the molecule is CNC(CC1CCOCC1)c1cc(Cl)ccc1C. The molecule has 1 aromatic carbocycles. The van der Waals surface area contributed by atoms with Crippen molar-refractivity contribution in [2.45, 2.75) is 32.2 Å². The zero-order valence-corrected chi connectivity index (χ0v) is 12.0. The van der Waals surface area contributed by atoms with Gasteiger partial charge in [0.2, 0.25) is 0 Å². The van der Waals surface area contributed by atoms with E-state index in [4.69, 9.17) is 16.3 Å². The Labute approximate surface area is 115 Å². The third-order valence-corrected chi connectivity index (χ3v) is 4.11. The molecule has 0 saturated carbocycles. The Kier molecular flexibility index (Phi) is 5.04. The summed E-state index contributed by atoms with van der Waals surface area (Å²) in [5, 5.41) is 4.26. The van der Waals surface area contributed by atoms with Gasteiger partial charge >= 0.3 is 0 Å². The summed E-state index contributed by atoms with van der Waals surface area (Å²) in [6.07, 6.45) is 3.52. The van der Waals surface area contributed by atoms with Crippen molar-refractivity contribution in [3.63, 3.8) is 0 Å². The lowest BCUT2D eigenvalue weighted by atomic mass is 9.88. The second-order valence-corrected chi connectivity index (χ2v) is 5.57. The minimum atomic E-state index is 0.395. The van der Waals surface area contributed by atoms with Crippen molar-refractivity contribution in [3.8, 4) is 0 Å². The van der Waals surface area contributed by atoms with Crippen molar-refractivity contribution >= 4 is 11.6 Å². The van der Waals surface area contributed by atoms with E-state index in [1.54, 1.807) is 0 Å². The van der Waals surface area contributed by atoms with Crippen LogP contribution < -0.4 is 5.32 Å². The van der Waals surface area contributed by atoms with E-state index >= 15 is 0 Å². The lowest BCUT2D eigenvalue weighted by Gasteiger charge is -2.27. The molecule has 2 rings (SSSR count). The van der Waals surface area contributed by atoms with Crippen LogP contribution in [0.5, 0.6) is 0 Å². The Morgan fingerprint density at radius 3 is 2.78 bits per heavy atom. The standard InChI is InChI=1S/C15H22ClNO/c1-11-3-4-13(16)10-14(11)15(17-2)9-12-5-7-18-8-6-12/h3-4,10,12,15,17H,5-9H2,1-2H3. The summed E-state index contributed by atoms with van der Waals surface area (Å²) in [6, 6.07) is 6.55. The molecule has 1 N–H and O–H groups in total. The van der Waals surface area contributed by atoms with Crippen molar-refractivity contribution in [1.82, 2.24) is 5.32 Å². The average Bonchev–Trinajstić information content (AvgIpc) is 2.40. The van der Waals surface area contributed by atoms with Crippen LogP contribution in [0.25, 0.3) is 0 Å². The van der Waals surface area contributed by atoms with Crippen molar-refractivity contribution in [2.24, 2.45) is 5.92 Å². The second kappa shape index (κ2) is 6.55. The second-order valence-electron chi connectivity index (χ2n) is 5.13. The maximum atomic E-state index is 6.11. The first-order valence-corrected chi connectivity index (χ1v) is 7.09. The molecule has 1 unspecified atom stereocenters. The molecule has 2 nitrogen and oxygen atoms in total. The summed E-state index contributed by atoms with van der Waals surface area (Å²) in [7, 11) is 2.03. The molecule has 0 aromatic heterocycles. The molecule has 100 valence electrons. The monoisotopic (exact) mass is 267 g/mol. The molecular weight excluding hydrogens is 246 g/mol. The molecule has 0 aliphatic carbocycles. The predicted molar refractivity (Wildman–Crippen MR) is 76.1 cm³/mol. The lowest BCUT2D eigenvalue weighted by molar-refractivity contribution is 0.0608. The molecule has 0 spiro atoms. The molecule has 1 aliphatic heterocycles. The predicted octanol–water partition coefficient (Wildman–Crippen LogP) is 3.73. The molecular formula is C15H22ClNO. The van der Waals surface area contributed by atoms with Crippen LogP contribution >= 0.6 is 11.6 Å². The van der Waals surface area contributed by atoms with Crippen LogP contribution in [0.15, 0.2) is 18.2 Å². The molecule has 1 aromatic rings. The molecule has 1 heterocycles. The van der Waals surface area contributed by atoms with Crippen molar-refractivity contribution < 1.29 is 4.74 Å². The van der Waals surface area contributed by atoms with Crippen LogP contribution in [0.3, 0.4) is 0 Å². The molecule has 1 atom stereocenters. The molecule has 0 bridgehead atoms. The van der Waals surface area contributed by atoms with Crippen molar-refractivity contribution in [3.05, 3.63) is 34.3 Å². The number of aryl methyl sites for hydroxylation is 1. The van der Waals surface area contributed by atoms with Gasteiger partial charge in [0.15, 0.2) is 0 Å².